The zero-order chi connectivity index (χ0) is 14.4. The molecule has 1 aromatic heterocycles. The van der Waals surface area contributed by atoms with Gasteiger partial charge in [0.15, 0.2) is 0 Å². The molecular formula is C16H28N2O2. The molecule has 2 rings (SSSR count). The van der Waals surface area contributed by atoms with E-state index in [1.807, 2.05) is 12.1 Å². The Morgan fingerprint density at radius 3 is 2.90 bits per heavy atom. The fourth-order valence-corrected chi connectivity index (χ4v) is 2.64. The van der Waals surface area contributed by atoms with Crippen molar-refractivity contribution < 1.29 is 9.15 Å². The molecule has 1 aliphatic rings. The highest BCUT2D eigenvalue weighted by atomic mass is 16.5. The fraction of sp³-hybridized carbons (Fsp3) is 0.750. The van der Waals surface area contributed by atoms with E-state index in [2.05, 4.69) is 31.1 Å². The van der Waals surface area contributed by atoms with E-state index in [0.717, 1.165) is 31.1 Å². The van der Waals surface area contributed by atoms with Crippen LogP contribution in [-0.4, -0.2) is 37.2 Å². The second kappa shape index (κ2) is 7.81. The predicted octanol–water partition coefficient (Wildman–Crippen LogP) is 2.78. The summed E-state index contributed by atoms with van der Waals surface area (Å²) < 4.78 is 11.5. The number of nitrogens with one attached hydrogen (secondary N) is 1. The van der Waals surface area contributed by atoms with E-state index in [0.29, 0.717) is 18.7 Å². The third-order valence-corrected chi connectivity index (χ3v) is 3.91. The third-order valence-electron chi connectivity index (χ3n) is 3.91. The van der Waals surface area contributed by atoms with Gasteiger partial charge in [0.25, 0.3) is 0 Å². The van der Waals surface area contributed by atoms with Gasteiger partial charge in [-0.1, -0.05) is 13.8 Å². The van der Waals surface area contributed by atoms with Crippen LogP contribution in [0.5, 0.6) is 0 Å². The van der Waals surface area contributed by atoms with Gasteiger partial charge in [-0.15, -0.1) is 0 Å². The minimum absolute atomic E-state index is 0.475. The van der Waals surface area contributed by atoms with Gasteiger partial charge >= 0.3 is 0 Å². The molecule has 0 amide bonds. The highest BCUT2D eigenvalue weighted by Gasteiger charge is 2.20. The van der Waals surface area contributed by atoms with Crippen LogP contribution in [0.15, 0.2) is 16.5 Å². The van der Waals surface area contributed by atoms with Crippen molar-refractivity contribution in [2.45, 2.75) is 58.3 Å². The van der Waals surface area contributed by atoms with Crippen molar-refractivity contribution in [2.75, 3.05) is 20.2 Å². The quantitative estimate of drug-likeness (QED) is 0.743. The first kappa shape index (κ1) is 15.5. The molecule has 0 aromatic carbocycles. The number of ether oxygens (including phenoxy) is 1. The molecule has 2 heterocycles. The molecule has 1 unspecified atom stereocenters. The summed E-state index contributed by atoms with van der Waals surface area (Å²) in [4.78, 5) is 2.44. The van der Waals surface area contributed by atoms with Crippen LogP contribution in [0.4, 0.5) is 0 Å². The van der Waals surface area contributed by atoms with Crippen molar-refractivity contribution in [3.05, 3.63) is 23.7 Å². The number of hydrogen-bond acceptors (Lipinski definition) is 4. The highest BCUT2D eigenvalue weighted by Crippen LogP contribution is 2.18. The van der Waals surface area contributed by atoms with E-state index in [9.17, 15) is 0 Å². The van der Waals surface area contributed by atoms with Crippen LogP contribution in [0.3, 0.4) is 0 Å². The van der Waals surface area contributed by atoms with E-state index in [1.54, 1.807) is 0 Å². The van der Waals surface area contributed by atoms with E-state index in [1.165, 1.54) is 19.4 Å². The van der Waals surface area contributed by atoms with Crippen molar-refractivity contribution in [2.24, 2.45) is 0 Å². The molecule has 20 heavy (non-hydrogen) atoms. The van der Waals surface area contributed by atoms with E-state index in [-0.39, 0.29) is 0 Å². The maximum atomic E-state index is 5.73. The molecule has 1 N–H and O–H groups in total. The number of furan rings is 1. The van der Waals surface area contributed by atoms with Crippen molar-refractivity contribution in [1.29, 1.82) is 0 Å². The first-order chi connectivity index (χ1) is 9.65. The molecule has 0 aliphatic carbocycles. The Bertz CT molecular complexity index is 390. The second-order valence-corrected chi connectivity index (χ2v) is 6.02. The lowest BCUT2D eigenvalue weighted by Crippen LogP contribution is -2.26. The lowest BCUT2D eigenvalue weighted by Gasteiger charge is -2.18. The number of rotatable bonds is 8. The summed E-state index contributed by atoms with van der Waals surface area (Å²) in [7, 11) is 2.21. The normalized spacial score (nSPS) is 20.1. The van der Waals surface area contributed by atoms with Crippen molar-refractivity contribution >= 4 is 0 Å². The van der Waals surface area contributed by atoms with Gasteiger partial charge in [-0.2, -0.15) is 0 Å². The molecule has 1 aliphatic heterocycles. The fourth-order valence-electron chi connectivity index (χ4n) is 2.64. The third kappa shape index (κ3) is 4.93. The molecule has 1 atom stereocenters. The van der Waals surface area contributed by atoms with Crippen LogP contribution in [0, 0.1) is 0 Å². The summed E-state index contributed by atoms with van der Waals surface area (Å²) >= 11 is 0. The van der Waals surface area contributed by atoms with Crippen molar-refractivity contribution in [3.8, 4) is 0 Å². The van der Waals surface area contributed by atoms with Gasteiger partial charge in [-0.3, -0.25) is 0 Å². The lowest BCUT2D eigenvalue weighted by atomic mass is 10.1. The first-order valence-electron chi connectivity index (χ1n) is 7.74. The summed E-state index contributed by atoms with van der Waals surface area (Å²) in [5.74, 6) is 1.90. The Kier molecular flexibility index (Phi) is 6.07. The molecule has 0 spiro atoms. The first-order valence-corrected chi connectivity index (χ1v) is 7.74. The van der Waals surface area contributed by atoms with Crippen LogP contribution in [0.25, 0.3) is 0 Å². The SMILES string of the molecule is CC(C)NCc1ccc(COCCC2CCCN2C)o1. The van der Waals surface area contributed by atoms with Gasteiger partial charge in [-0.05, 0) is 45.0 Å². The maximum Gasteiger partial charge on any atom is 0.129 e. The van der Waals surface area contributed by atoms with Crippen LogP contribution in [-0.2, 0) is 17.9 Å². The Labute approximate surface area is 122 Å². The van der Waals surface area contributed by atoms with E-state index in [4.69, 9.17) is 9.15 Å². The van der Waals surface area contributed by atoms with Crippen LogP contribution < -0.4 is 5.32 Å². The average molecular weight is 280 g/mol. The van der Waals surface area contributed by atoms with Gasteiger partial charge in [0.05, 0.1) is 6.54 Å². The molecule has 4 heteroatoms. The zero-order valence-electron chi connectivity index (χ0n) is 13.0. The summed E-state index contributed by atoms with van der Waals surface area (Å²) in [5.41, 5.74) is 0. The standard InChI is InChI=1S/C16H28N2O2/c1-13(2)17-11-15-6-7-16(20-15)12-19-10-8-14-5-4-9-18(14)3/h6-7,13-14,17H,4-5,8-12H2,1-3H3. The van der Waals surface area contributed by atoms with Gasteiger partial charge < -0.3 is 19.4 Å². The van der Waals surface area contributed by atoms with E-state index < -0.39 is 0 Å². The summed E-state index contributed by atoms with van der Waals surface area (Å²) in [6.07, 6.45) is 3.76. The molecule has 0 saturated carbocycles. The topological polar surface area (TPSA) is 37.6 Å². The molecule has 0 radical (unpaired) electrons. The Hall–Kier alpha value is -0.840. The molecule has 1 aromatic rings. The largest absolute Gasteiger partial charge is 0.462 e. The van der Waals surface area contributed by atoms with Gasteiger partial charge in [-0.25, -0.2) is 0 Å². The Balaban J connectivity index is 1.61. The van der Waals surface area contributed by atoms with Crippen LogP contribution in [0.1, 0.15) is 44.6 Å². The smallest absolute Gasteiger partial charge is 0.129 e. The predicted molar refractivity (Wildman–Crippen MR) is 80.6 cm³/mol. The molecule has 1 saturated heterocycles. The molecule has 114 valence electrons. The minimum Gasteiger partial charge on any atom is -0.462 e. The van der Waals surface area contributed by atoms with Gasteiger partial charge in [0.1, 0.15) is 18.1 Å². The molecule has 0 bridgehead atoms. The second-order valence-electron chi connectivity index (χ2n) is 6.02. The molecule has 1 fully saturated rings. The number of likely N-dealkylation sites (tertiary alicyclic amines) is 1. The molecule has 4 nitrogen and oxygen atoms in total. The molecular weight excluding hydrogens is 252 g/mol. The van der Waals surface area contributed by atoms with Crippen LogP contribution in [0.2, 0.25) is 0 Å². The number of nitrogens with zero attached hydrogens (tertiary/aromatic N) is 1. The summed E-state index contributed by atoms with van der Waals surface area (Å²) in [5, 5.41) is 3.34. The van der Waals surface area contributed by atoms with Crippen molar-refractivity contribution in [1.82, 2.24) is 10.2 Å². The average Bonchev–Trinajstić information content (AvgIpc) is 3.02. The summed E-state index contributed by atoms with van der Waals surface area (Å²) in [6.45, 7) is 7.67. The van der Waals surface area contributed by atoms with E-state index >= 15 is 0 Å². The monoisotopic (exact) mass is 280 g/mol. The zero-order valence-corrected chi connectivity index (χ0v) is 13.0. The lowest BCUT2D eigenvalue weighted by molar-refractivity contribution is 0.0886. The highest BCUT2D eigenvalue weighted by molar-refractivity contribution is 5.06. The number of hydrogen-bond donors (Lipinski definition) is 1. The minimum atomic E-state index is 0.475. The van der Waals surface area contributed by atoms with Crippen molar-refractivity contribution in [3.63, 3.8) is 0 Å². The maximum absolute atomic E-state index is 5.73. The van der Waals surface area contributed by atoms with Gasteiger partial charge in [0, 0.05) is 18.7 Å². The van der Waals surface area contributed by atoms with Gasteiger partial charge in [0.2, 0.25) is 0 Å². The summed E-state index contributed by atoms with van der Waals surface area (Å²) in [6, 6.07) is 5.22. The Morgan fingerprint density at radius 1 is 1.40 bits per heavy atom. The van der Waals surface area contributed by atoms with Crippen LogP contribution >= 0.6 is 0 Å². The Morgan fingerprint density at radius 2 is 2.20 bits per heavy atom.